The first-order chi connectivity index (χ1) is 27.9. The molecule has 8 nitrogen and oxygen atoms in total. The van der Waals surface area contributed by atoms with Gasteiger partial charge in [-0.15, -0.1) is 0 Å². The molecule has 0 aromatic heterocycles. The van der Waals surface area contributed by atoms with E-state index in [-0.39, 0.29) is 25.7 Å². The van der Waals surface area contributed by atoms with Crippen molar-refractivity contribution >= 4 is 13.7 Å². The summed E-state index contributed by atoms with van der Waals surface area (Å²) in [6, 6.07) is -0.855. The topological polar surface area (TPSA) is 131 Å². The van der Waals surface area contributed by atoms with Gasteiger partial charge in [-0.3, -0.25) is 13.8 Å². The third-order valence-corrected chi connectivity index (χ3v) is 12.3. The number of phosphoric ester groups is 1. The molecule has 5 N–H and O–H groups in total. The van der Waals surface area contributed by atoms with Crippen LogP contribution in [0, 0.1) is 0 Å². The van der Waals surface area contributed by atoms with E-state index >= 15 is 0 Å². The zero-order valence-corrected chi connectivity index (χ0v) is 38.7. The monoisotopic (exact) mass is 829 g/mol. The van der Waals surface area contributed by atoms with Crippen molar-refractivity contribution < 1.29 is 28.4 Å². The van der Waals surface area contributed by atoms with Crippen LogP contribution in [0.1, 0.15) is 258 Å². The molecule has 0 heterocycles. The molecule has 3 unspecified atom stereocenters. The number of hydrogen-bond donors (Lipinski definition) is 4. The van der Waals surface area contributed by atoms with E-state index in [0.29, 0.717) is 6.42 Å². The van der Waals surface area contributed by atoms with Gasteiger partial charge in [-0.25, -0.2) is 4.57 Å². The van der Waals surface area contributed by atoms with E-state index in [2.05, 4.69) is 19.2 Å². The Bertz CT molecular complexity index is 906. The van der Waals surface area contributed by atoms with Crippen molar-refractivity contribution in [1.29, 1.82) is 0 Å². The van der Waals surface area contributed by atoms with Crippen LogP contribution in [0.3, 0.4) is 0 Å². The summed E-state index contributed by atoms with van der Waals surface area (Å²) in [7, 11) is -4.34. The third-order valence-electron chi connectivity index (χ3n) is 11.4. The highest BCUT2D eigenvalue weighted by Crippen LogP contribution is 2.43. The maximum atomic E-state index is 12.8. The van der Waals surface area contributed by atoms with Gasteiger partial charge in [-0.05, 0) is 19.3 Å². The molecule has 0 saturated carbocycles. The van der Waals surface area contributed by atoms with Gasteiger partial charge in [0.25, 0.3) is 0 Å². The Morgan fingerprint density at radius 3 is 1.25 bits per heavy atom. The fourth-order valence-electron chi connectivity index (χ4n) is 7.61. The van der Waals surface area contributed by atoms with Crippen molar-refractivity contribution in [2.75, 3.05) is 19.8 Å². The van der Waals surface area contributed by atoms with Gasteiger partial charge in [0, 0.05) is 13.0 Å². The molecule has 57 heavy (non-hydrogen) atoms. The molecule has 340 valence electrons. The predicted octanol–water partition coefficient (Wildman–Crippen LogP) is 14.3. The van der Waals surface area contributed by atoms with Crippen LogP contribution < -0.4 is 11.1 Å². The Hall–Kier alpha value is -0.760. The molecule has 0 radical (unpaired) electrons. The molecular weight excluding hydrogens is 732 g/mol. The Kier molecular flexibility index (Phi) is 44.2. The highest BCUT2D eigenvalue weighted by Gasteiger charge is 2.26. The quantitative estimate of drug-likeness (QED) is 0.0273. The third kappa shape index (κ3) is 43.1. The number of nitrogens with one attached hydrogen (secondary N) is 1. The number of unbranched alkanes of at least 4 members (excludes halogenated alkanes) is 35. The van der Waals surface area contributed by atoms with Gasteiger partial charge in [0.05, 0.1) is 25.4 Å². The highest BCUT2D eigenvalue weighted by atomic mass is 31.2. The first-order valence-electron chi connectivity index (χ1n) is 24.8. The number of phosphoric acid groups is 1. The number of rotatable bonds is 47. The van der Waals surface area contributed by atoms with Crippen LogP contribution >= 0.6 is 7.82 Å². The second kappa shape index (κ2) is 44.8. The minimum absolute atomic E-state index is 0.0815. The molecule has 0 aliphatic rings. The molecule has 3 atom stereocenters. The van der Waals surface area contributed by atoms with E-state index in [1.807, 2.05) is 6.08 Å². The summed E-state index contributed by atoms with van der Waals surface area (Å²) in [6.45, 7) is 4.17. The van der Waals surface area contributed by atoms with Gasteiger partial charge in [-0.1, -0.05) is 244 Å². The number of carbonyl (C=O) groups excluding carboxylic acids is 1. The first kappa shape index (κ1) is 56.2. The van der Waals surface area contributed by atoms with Crippen molar-refractivity contribution in [3.05, 3.63) is 12.2 Å². The maximum Gasteiger partial charge on any atom is 0.472 e. The fraction of sp³-hybridized carbons (Fsp3) is 0.938. The summed E-state index contributed by atoms with van der Waals surface area (Å²) in [4.78, 5) is 22.8. The largest absolute Gasteiger partial charge is 0.472 e. The Balaban J connectivity index is 4.03. The fourth-order valence-corrected chi connectivity index (χ4v) is 8.36. The molecular formula is C48H97N2O6P. The van der Waals surface area contributed by atoms with Crippen LogP contribution in [-0.4, -0.2) is 47.8 Å². The average molecular weight is 829 g/mol. The Morgan fingerprint density at radius 1 is 0.561 bits per heavy atom. The SMILES string of the molecule is CCCCCCCCCCCCCCC/C=C/C(O)C(COP(=O)(O)OCCN)NC(=O)CCCCCCCCCCCCCCCCCCCCCCCCC. The van der Waals surface area contributed by atoms with Crippen LogP contribution in [0.15, 0.2) is 12.2 Å². The Morgan fingerprint density at radius 2 is 0.895 bits per heavy atom. The van der Waals surface area contributed by atoms with E-state index in [1.165, 1.54) is 199 Å². The number of allylic oxidation sites excluding steroid dienone is 1. The molecule has 0 spiro atoms. The van der Waals surface area contributed by atoms with Gasteiger partial charge in [-0.2, -0.15) is 0 Å². The molecule has 0 aliphatic heterocycles. The smallest absolute Gasteiger partial charge is 0.387 e. The average Bonchev–Trinajstić information content (AvgIpc) is 3.20. The lowest BCUT2D eigenvalue weighted by Crippen LogP contribution is -2.45. The Labute approximate surface area is 354 Å². The molecule has 0 aromatic rings. The molecule has 0 rings (SSSR count). The standard InChI is InChI=1S/C48H97N2O6P/c1-3-5-7-9-11-13-15-17-19-20-21-22-23-24-25-26-28-30-32-34-36-38-40-42-48(52)50-46(45-56-57(53,54)55-44-43-49)47(51)41-39-37-35-33-31-29-27-18-16-14-12-10-8-6-4-2/h39,41,46-47,51H,3-38,40,42-45,49H2,1-2H3,(H,50,52)(H,53,54)/b41-39+. The highest BCUT2D eigenvalue weighted by molar-refractivity contribution is 7.47. The van der Waals surface area contributed by atoms with Crippen molar-refractivity contribution in [1.82, 2.24) is 5.32 Å². The van der Waals surface area contributed by atoms with Crippen LogP contribution in [0.2, 0.25) is 0 Å². The second-order valence-corrected chi connectivity index (χ2v) is 18.5. The maximum absolute atomic E-state index is 12.8. The first-order valence-corrected chi connectivity index (χ1v) is 26.3. The molecule has 0 fully saturated rings. The van der Waals surface area contributed by atoms with Crippen molar-refractivity contribution in [2.24, 2.45) is 5.73 Å². The summed E-state index contributed by atoms with van der Waals surface area (Å²) in [5.41, 5.74) is 5.39. The number of hydrogen-bond acceptors (Lipinski definition) is 6. The van der Waals surface area contributed by atoms with Crippen molar-refractivity contribution in [3.63, 3.8) is 0 Å². The van der Waals surface area contributed by atoms with E-state index in [9.17, 15) is 19.4 Å². The zero-order chi connectivity index (χ0) is 41.8. The zero-order valence-electron chi connectivity index (χ0n) is 37.9. The van der Waals surface area contributed by atoms with E-state index in [0.717, 1.165) is 38.5 Å². The molecule has 0 aliphatic carbocycles. The van der Waals surface area contributed by atoms with Gasteiger partial charge < -0.3 is 21.1 Å². The van der Waals surface area contributed by atoms with Crippen LogP contribution in [0.25, 0.3) is 0 Å². The van der Waals surface area contributed by atoms with Crippen molar-refractivity contribution in [2.45, 2.75) is 270 Å². The molecule has 0 bridgehead atoms. The minimum atomic E-state index is -4.34. The summed E-state index contributed by atoms with van der Waals surface area (Å²) in [5.74, 6) is -0.188. The summed E-state index contributed by atoms with van der Waals surface area (Å²) in [5, 5.41) is 13.7. The summed E-state index contributed by atoms with van der Waals surface area (Å²) < 4.78 is 22.2. The number of nitrogens with two attached hydrogens (primary N) is 1. The van der Waals surface area contributed by atoms with Gasteiger partial charge >= 0.3 is 7.82 Å². The number of aliphatic hydroxyl groups is 1. The van der Waals surface area contributed by atoms with E-state index < -0.39 is 20.0 Å². The second-order valence-electron chi connectivity index (χ2n) is 17.0. The van der Waals surface area contributed by atoms with Gasteiger partial charge in [0.15, 0.2) is 0 Å². The lowest BCUT2D eigenvalue weighted by molar-refractivity contribution is -0.123. The minimum Gasteiger partial charge on any atom is -0.387 e. The molecule has 1 amide bonds. The lowest BCUT2D eigenvalue weighted by Gasteiger charge is -2.23. The number of aliphatic hydroxyl groups excluding tert-OH is 1. The summed E-state index contributed by atoms with van der Waals surface area (Å²) in [6.07, 6.45) is 51.3. The molecule has 0 saturated heterocycles. The lowest BCUT2D eigenvalue weighted by atomic mass is 10.0. The summed E-state index contributed by atoms with van der Waals surface area (Å²) >= 11 is 0. The van der Waals surface area contributed by atoms with Gasteiger partial charge in [0.2, 0.25) is 5.91 Å². The van der Waals surface area contributed by atoms with Crippen molar-refractivity contribution in [3.8, 4) is 0 Å². The van der Waals surface area contributed by atoms with Crippen LogP contribution in [-0.2, 0) is 18.4 Å². The van der Waals surface area contributed by atoms with E-state index in [4.69, 9.17) is 14.8 Å². The van der Waals surface area contributed by atoms with Crippen LogP contribution in [0.4, 0.5) is 0 Å². The normalized spacial score (nSPS) is 14.0. The molecule has 9 heteroatoms. The molecule has 0 aromatic carbocycles. The number of carbonyl (C=O) groups is 1. The predicted molar refractivity (Wildman–Crippen MR) is 245 cm³/mol. The number of amides is 1. The van der Waals surface area contributed by atoms with E-state index in [1.54, 1.807) is 6.08 Å². The van der Waals surface area contributed by atoms with Crippen LogP contribution in [0.5, 0.6) is 0 Å². The van der Waals surface area contributed by atoms with Gasteiger partial charge in [0.1, 0.15) is 0 Å².